The van der Waals surface area contributed by atoms with Crippen molar-refractivity contribution >= 4 is 60.1 Å². The van der Waals surface area contributed by atoms with Gasteiger partial charge in [-0.15, -0.1) is 0 Å². The summed E-state index contributed by atoms with van der Waals surface area (Å²) in [4.78, 5) is 4.20. The average molecular weight is 1400 g/mol. The molecule has 0 atom stereocenters. The number of aryl methyl sites for hydroxylation is 6. The molecule has 0 aromatic heterocycles. The van der Waals surface area contributed by atoms with Gasteiger partial charge in [0.05, 0.1) is 29.4 Å². The van der Waals surface area contributed by atoms with Gasteiger partial charge in [-0.3, -0.25) is 9.80 Å². The van der Waals surface area contributed by atoms with Crippen LogP contribution in [0.25, 0.3) is 0 Å². The van der Waals surface area contributed by atoms with Gasteiger partial charge in [0, 0.05) is 118 Å². The molecule has 9 rings (SSSR count). The lowest BCUT2D eigenvalue weighted by Gasteiger charge is -2.30. The van der Waals surface area contributed by atoms with Gasteiger partial charge in [-0.05, 0) is 138 Å². The first-order chi connectivity index (χ1) is 44.5. The monoisotopic (exact) mass is 1400 g/mol. The first-order valence-corrected chi connectivity index (χ1v) is 40.1. The largest absolute Gasteiger partial charge is 0.296 e. The summed E-state index contributed by atoms with van der Waals surface area (Å²) < 4.78 is 184. The van der Waals surface area contributed by atoms with E-state index >= 15 is 0 Å². The minimum Gasteiger partial charge on any atom is -0.296 e. The van der Waals surface area contributed by atoms with Crippen LogP contribution in [-0.4, -0.2) is 191 Å². The highest BCUT2D eigenvalue weighted by Crippen LogP contribution is 2.27. The number of sulfonamides is 6. The first kappa shape index (κ1) is 72.2. The van der Waals surface area contributed by atoms with Crippen molar-refractivity contribution in [3.8, 4) is 0 Å². The Bertz CT molecular complexity index is 4140. The highest BCUT2D eigenvalue weighted by atomic mass is 32.2. The molecule has 0 N–H and O–H groups in total. The third-order valence-electron chi connectivity index (χ3n) is 17.2. The predicted molar refractivity (Wildman–Crippen MR) is 366 cm³/mol. The molecular weight excluding hydrogens is 1310 g/mol. The molecule has 26 heteroatoms. The maximum absolute atomic E-state index is 14.8. The standard InChI is InChI=1S/C68H86N8O12S6/c1-55-12-24-63(25-13-55)89(77,78)71-36-8-38-73(91(81,82)65-28-16-57(3)17-29-65)48-50-75(93(85,86)67-32-20-59(5)21-33-67)46-42-69(40-44-71)53-61-10-7-11-62(52-61)54-70-41-45-72(90(79,80)64-26-14-56(2)15-27-64)37-9-39-74(92(83,84)66-30-18-58(4)19-31-66)49-51-76(47-43-70)94(87,88)68-34-22-60(6)23-35-68/h7,10-35,52H,8-9,36-51,53-54H2,1-6H3. The zero-order valence-electron chi connectivity index (χ0n) is 54.2. The molecule has 20 nitrogen and oxygen atoms in total. The summed E-state index contributed by atoms with van der Waals surface area (Å²) in [5.74, 6) is 0. The van der Waals surface area contributed by atoms with E-state index in [9.17, 15) is 50.5 Å². The SMILES string of the molecule is Cc1ccc(S(=O)(=O)N2CCCN(S(=O)(=O)c3ccc(C)cc3)CCN(S(=O)(=O)c3ccc(C)cc3)CCN(Cc3cccc(CN4CCN(S(=O)(=O)c5ccc(C)cc5)CCCN(S(=O)(=O)c5ccc(C)cc5)CCN(S(=O)(=O)c5ccc(C)cc5)CC4)c3)CC2)cc1. The van der Waals surface area contributed by atoms with Crippen LogP contribution in [-0.2, 0) is 73.2 Å². The molecule has 0 amide bonds. The van der Waals surface area contributed by atoms with E-state index in [0.29, 0.717) is 0 Å². The molecule has 0 saturated carbocycles. The Morgan fingerprint density at radius 1 is 0.234 bits per heavy atom. The second kappa shape index (κ2) is 31.0. The number of rotatable bonds is 16. The van der Waals surface area contributed by atoms with Crippen LogP contribution in [0.4, 0.5) is 0 Å². The fraction of sp³-hybridized carbons (Fsp3) is 0.382. The fourth-order valence-electron chi connectivity index (χ4n) is 11.5. The van der Waals surface area contributed by atoms with Gasteiger partial charge in [-0.25, -0.2) is 50.5 Å². The minimum absolute atomic E-state index is 0.0216. The fourth-order valence-corrected chi connectivity index (χ4v) is 20.2. The second-order valence-electron chi connectivity index (χ2n) is 24.4. The van der Waals surface area contributed by atoms with Crippen molar-refractivity contribution in [3.05, 3.63) is 214 Å². The van der Waals surface area contributed by atoms with Crippen LogP contribution in [0, 0.1) is 41.5 Å². The average Bonchev–Trinajstić information content (AvgIpc) is 1.07. The van der Waals surface area contributed by atoms with Gasteiger partial charge in [-0.1, -0.05) is 130 Å². The zero-order valence-corrected chi connectivity index (χ0v) is 59.1. The number of nitrogens with zero attached hydrogens (tertiary/aromatic N) is 8. The van der Waals surface area contributed by atoms with E-state index in [2.05, 4.69) is 0 Å². The molecule has 506 valence electrons. The molecule has 2 fully saturated rings. The van der Waals surface area contributed by atoms with Gasteiger partial charge in [0.2, 0.25) is 60.1 Å². The zero-order chi connectivity index (χ0) is 67.6. The molecule has 94 heavy (non-hydrogen) atoms. The molecule has 0 spiro atoms. The number of hydrogen-bond donors (Lipinski definition) is 0. The summed E-state index contributed by atoms with van der Waals surface area (Å²) in [6, 6.07) is 46.4. The van der Waals surface area contributed by atoms with Crippen LogP contribution in [0.3, 0.4) is 0 Å². The van der Waals surface area contributed by atoms with Gasteiger partial charge in [0.15, 0.2) is 0 Å². The van der Waals surface area contributed by atoms with Crippen molar-refractivity contribution in [2.24, 2.45) is 0 Å². The van der Waals surface area contributed by atoms with E-state index in [-0.39, 0.29) is 160 Å². The topological polar surface area (TPSA) is 231 Å². The lowest BCUT2D eigenvalue weighted by atomic mass is 10.1. The van der Waals surface area contributed by atoms with Crippen LogP contribution in [0.15, 0.2) is 199 Å². The molecule has 2 aliphatic heterocycles. The quantitative estimate of drug-likeness (QED) is 0.0890. The highest BCUT2D eigenvalue weighted by molar-refractivity contribution is 7.90. The summed E-state index contributed by atoms with van der Waals surface area (Å²) in [5.41, 5.74) is 6.65. The molecular formula is C68H86N8O12S6. The number of hydrogen-bond acceptors (Lipinski definition) is 14. The van der Waals surface area contributed by atoms with Crippen LogP contribution < -0.4 is 0 Å². The normalized spacial score (nSPS) is 18.0. The molecule has 7 aromatic carbocycles. The lowest BCUT2D eigenvalue weighted by molar-refractivity contribution is 0.222. The van der Waals surface area contributed by atoms with Crippen LogP contribution in [0.1, 0.15) is 57.3 Å². The smallest absolute Gasteiger partial charge is 0.243 e. The highest BCUT2D eigenvalue weighted by Gasteiger charge is 2.35. The summed E-state index contributed by atoms with van der Waals surface area (Å²) in [7, 11) is -25.3. The van der Waals surface area contributed by atoms with E-state index in [1.807, 2.05) is 75.6 Å². The maximum Gasteiger partial charge on any atom is 0.243 e. The van der Waals surface area contributed by atoms with Crippen molar-refractivity contribution in [3.63, 3.8) is 0 Å². The molecule has 0 aliphatic carbocycles. The van der Waals surface area contributed by atoms with Crippen LogP contribution in [0.5, 0.6) is 0 Å². The minimum atomic E-state index is -4.25. The van der Waals surface area contributed by atoms with Gasteiger partial charge >= 0.3 is 0 Å². The Kier molecular flexibility index (Phi) is 23.8. The lowest BCUT2D eigenvalue weighted by Crippen LogP contribution is -2.44. The molecule has 2 saturated heterocycles. The summed E-state index contributed by atoms with van der Waals surface area (Å²) in [6.07, 6.45) is 0.165. The van der Waals surface area contributed by atoms with Crippen molar-refractivity contribution < 1.29 is 50.5 Å². The van der Waals surface area contributed by atoms with E-state index in [1.165, 1.54) is 74.4 Å². The molecule has 0 radical (unpaired) electrons. The van der Waals surface area contributed by atoms with E-state index in [4.69, 9.17) is 0 Å². The van der Waals surface area contributed by atoms with Crippen molar-refractivity contribution in [1.82, 2.24) is 35.6 Å². The van der Waals surface area contributed by atoms with Crippen LogP contribution in [0.2, 0.25) is 0 Å². The Hall–Kier alpha value is -6.08. The van der Waals surface area contributed by atoms with Crippen molar-refractivity contribution in [2.45, 2.75) is 96.8 Å². The second-order valence-corrected chi connectivity index (χ2v) is 36.0. The summed E-state index contributed by atoms with van der Waals surface area (Å²) in [6.45, 7) is 10.4. The maximum atomic E-state index is 14.8. The summed E-state index contributed by atoms with van der Waals surface area (Å²) >= 11 is 0. The van der Waals surface area contributed by atoms with Gasteiger partial charge in [-0.2, -0.15) is 25.8 Å². The van der Waals surface area contributed by atoms with Crippen molar-refractivity contribution in [1.29, 1.82) is 0 Å². The third-order valence-corrected chi connectivity index (χ3v) is 28.7. The van der Waals surface area contributed by atoms with Gasteiger partial charge < -0.3 is 0 Å². The molecule has 7 aromatic rings. The van der Waals surface area contributed by atoms with Crippen molar-refractivity contribution in [2.75, 3.05) is 105 Å². The van der Waals surface area contributed by atoms with Gasteiger partial charge in [0.1, 0.15) is 0 Å². The number of benzene rings is 7. The predicted octanol–water partition coefficient (Wildman–Crippen LogP) is 8.09. The van der Waals surface area contributed by atoms with E-state index < -0.39 is 60.1 Å². The van der Waals surface area contributed by atoms with Gasteiger partial charge in [0.25, 0.3) is 0 Å². The third kappa shape index (κ3) is 17.9. The summed E-state index contributed by atoms with van der Waals surface area (Å²) in [5, 5.41) is 0. The molecule has 2 aliphatic rings. The Balaban J connectivity index is 1.06. The Morgan fingerprint density at radius 2 is 0.404 bits per heavy atom. The Morgan fingerprint density at radius 3 is 0.596 bits per heavy atom. The molecule has 2 heterocycles. The first-order valence-electron chi connectivity index (χ1n) is 31.5. The van der Waals surface area contributed by atoms with Crippen LogP contribution >= 0.6 is 0 Å². The van der Waals surface area contributed by atoms with E-state index in [0.717, 1.165) is 44.5 Å². The Labute approximate surface area is 558 Å². The molecule has 0 bridgehead atoms. The van der Waals surface area contributed by atoms with E-state index in [1.54, 1.807) is 97.1 Å². The molecule has 0 unspecified atom stereocenters.